The summed E-state index contributed by atoms with van der Waals surface area (Å²) in [5, 5.41) is 6.22. The fraction of sp³-hybridized carbons (Fsp3) is 0.250. The number of hydrogen-bond donors (Lipinski definition) is 1. The van der Waals surface area contributed by atoms with Gasteiger partial charge in [0.2, 0.25) is 0 Å². The van der Waals surface area contributed by atoms with Gasteiger partial charge in [-0.15, -0.1) is 11.3 Å². The Kier molecular flexibility index (Phi) is 7.13. The highest BCUT2D eigenvalue weighted by Crippen LogP contribution is 2.34. The Morgan fingerprint density at radius 2 is 1.86 bits per heavy atom. The molecule has 7 rings (SSSR count). The summed E-state index contributed by atoms with van der Waals surface area (Å²) >= 11 is 7.96. The second-order valence-electron chi connectivity index (χ2n) is 10.7. The smallest absolute Gasteiger partial charge is 0.253 e. The molecule has 1 N–H and O–H groups in total. The second kappa shape index (κ2) is 11.2. The summed E-state index contributed by atoms with van der Waals surface area (Å²) in [6.07, 6.45) is 3.51. The molecule has 0 radical (unpaired) electrons. The summed E-state index contributed by atoms with van der Waals surface area (Å²) in [7, 11) is 0. The fourth-order valence-electron chi connectivity index (χ4n) is 5.74. The molecule has 0 spiro atoms. The number of carbonyl (C=O) groups excluding carboxylic acids is 1. The Bertz CT molecular complexity index is 1780. The number of fused-ring (bicyclic) bond motifs is 2. The maximum absolute atomic E-state index is 13.6. The van der Waals surface area contributed by atoms with Gasteiger partial charge in [-0.1, -0.05) is 29.8 Å². The fourth-order valence-corrected chi connectivity index (χ4v) is 6.79. The minimum absolute atomic E-state index is 0.0473. The van der Waals surface area contributed by atoms with Crippen LogP contribution in [0.2, 0.25) is 5.02 Å². The number of halogens is 1. The lowest BCUT2D eigenvalue weighted by atomic mass is 10.0. The number of pyridine rings is 1. The lowest BCUT2D eigenvalue weighted by Crippen LogP contribution is -2.49. The van der Waals surface area contributed by atoms with Crippen molar-refractivity contribution in [2.45, 2.75) is 13.5 Å². The number of benzene rings is 2. The summed E-state index contributed by atoms with van der Waals surface area (Å²) in [4.78, 5) is 33.8. The average molecular weight is 596 g/mol. The van der Waals surface area contributed by atoms with E-state index in [0.29, 0.717) is 18.7 Å². The Morgan fingerprint density at radius 3 is 2.74 bits per heavy atom. The van der Waals surface area contributed by atoms with Crippen molar-refractivity contribution in [1.29, 1.82) is 0 Å². The van der Waals surface area contributed by atoms with Crippen LogP contribution in [0, 0.1) is 6.92 Å². The number of nitrogens with zero attached hydrogens (tertiary/aromatic N) is 6. The first-order chi connectivity index (χ1) is 20.5. The standard InChI is InChI=1S/C32H30ClN7OS/c1-21-5-6-26(33)16-25(21)19-40-9-8-34-30-28(40)17-24(18-35-30)22-3-2-4-23(15-22)32(41)39-12-10-38(11-13-39)31-29-27(7-14-42-29)36-20-37-31/h2-7,14-18,20H,8-13,19H2,1H3,(H,34,35). The predicted octanol–water partition coefficient (Wildman–Crippen LogP) is 6.11. The van der Waals surface area contributed by atoms with Gasteiger partial charge in [0, 0.05) is 68.2 Å². The molecular formula is C32H30ClN7OS. The van der Waals surface area contributed by atoms with Gasteiger partial charge in [0.1, 0.15) is 18.0 Å². The van der Waals surface area contributed by atoms with Gasteiger partial charge in [-0.25, -0.2) is 15.0 Å². The molecule has 3 aromatic heterocycles. The number of piperazine rings is 1. The summed E-state index contributed by atoms with van der Waals surface area (Å²) in [6, 6.07) is 18.1. The largest absolute Gasteiger partial charge is 0.367 e. The highest BCUT2D eigenvalue weighted by molar-refractivity contribution is 7.17. The van der Waals surface area contributed by atoms with Crippen molar-refractivity contribution in [3.05, 3.63) is 94.2 Å². The van der Waals surface area contributed by atoms with Gasteiger partial charge in [-0.3, -0.25) is 4.79 Å². The molecule has 1 amide bonds. The molecule has 212 valence electrons. The normalized spacial score (nSPS) is 15.0. The average Bonchev–Trinajstić information content (AvgIpc) is 3.52. The van der Waals surface area contributed by atoms with Gasteiger partial charge >= 0.3 is 0 Å². The van der Waals surface area contributed by atoms with E-state index in [9.17, 15) is 4.79 Å². The summed E-state index contributed by atoms with van der Waals surface area (Å²) < 4.78 is 1.10. The van der Waals surface area contributed by atoms with Crippen molar-refractivity contribution in [2.24, 2.45) is 0 Å². The quantitative estimate of drug-likeness (QED) is 0.263. The Balaban J connectivity index is 1.08. The summed E-state index contributed by atoms with van der Waals surface area (Å²) in [5.74, 6) is 1.88. The van der Waals surface area contributed by atoms with Crippen molar-refractivity contribution >= 4 is 56.4 Å². The molecule has 10 heteroatoms. The minimum atomic E-state index is 0.0473. The van der Waals surface area contributed by atoms with Crippen LogP contribution in [0.15, 0.2) is 72.5 Å². The van der Waals surface area contributed by atoms with Crippen LogP contribution in [0.1, 0.15) is 21.5 Å². The maximum atomic E-state index is 13.6. The van der Waals surface area contributed by atoms with Crippen LogP contribution in [0.3, 0.4) is 0 Å². The molecule has 5 aromatic rings. The van der Waals surface area contributed by atoms with Crippen molar-refractivity contribution in [3.8, 4) is 11.1 Å². The number of anilines is 3. The van der Waals surface area contributed by atoms with Crippen LogP contribution in [0.4, 0.5) is 17.3 Å². The van der Waals surface area contributed by atoms with E-state index >= 15 is 0 Å². The Labute approximate surface area is 253 Å². The lowest BCUT2D eigenvalue weighted by Gasteiger charge is -2.35. The molecule has 1 fully saturated rings. The molecule has 2 aliphatic heterocycles. The van der Waals surface area contributed by atoms with E-state index in [1.807, 2.05) is 58.9 Å². The molecular weight excluding hydrogens is 566 g/mol. The number of amides is 1. The highest BCUT2D eigenvalue weighted by atomic mass is 35.5. The Hall–Kier alpha value is -4.21. The van der Waals surface area contributed by atoms with E-state index in [0.717, 1.165) is 76.4 Å². The molecule has 0 bridgehead atoms. The van der Waals surface area contributed by atoms with Gasteiger partial charge in [0.25, 0.3) is 5.91 Å². The molecule has 2 aromatic carbocycles. The number of nitrogens with one attached hydrogen (secondary N) is 1. The van der Waals surface area contributed by atoms with Crippen LogP contribution in [-0.4, -0.2) is 65.0 Å². The number of rotatable bonds is 5. The SMILES string of the molecule is Cc1ccc(Cl)cc1CN1CCNc2ncc(-c3cccc(C(=O)N4CCN(c5ncnc6ccsc56)CC4)c3)cc21. The van der Waals surface area contributed by atoms with Crippen LogP contribution in [0.5, 0.6) is 0 Å². The lowest BCUT2D eigenvalue weighted by molar-refractivity contribution is 0.0746. The third-order valence-corrected chi connectivity index (χ3v) is 9.22. The first-order valence-corrected chi connectivity index (χ1v) is 15.4. The van der Waals surface area contributed by atoms with Crippen LogP contribution < -0.4 is 15.1 Å². The van der Waals surface area contributed by atoms with Crippen molar-refractivity contribution in [1.82, 2.24) is 19.9 Å². The third kappa shape index (κ3) is 5.14. The first kappa shape index (κ1) is 26.7. The van der Waals surface area contributed by atoms with E-state index in [4.69, 9.17) is 16.6 Å². The van der Waals surface area contributed by atoms with Crippen molar-refractivity contribution < 1.29 is 4.79 Å². The van der Waals surface area contributed by atoms with Crippen LogP contribution in [0.25, 0.3) is 21.3 Å². The van der Waals surface area contributed by atoms with E-state index in [2.05, 4.69) is 44.1 Å². The maximum Gasteiger partial charge on any atom is 0.253 e. The molecule has 8 nitrogen and oxygen atoms in total. The molecule has 0 atom stereocenters. The Morgan fingerprint density at radius 1 is 0.976 bits per heavy atom. The summed E-state index contributed by atoms with van der Waals surface area (Å²) in [5.41, 5.74) is 7.08. The zero-order valence-electron chi connectivity index (χ0n) is 23.3. The van der Waals surface area contributed by atoms with Gasteiger partial charge in [-0.2, -0.15) is 0 Å². The second-order valence-corrected chi connectivity index (χ2v) is 12.1. The highest BCUT2D eigenvalue weighted by Gasteiger charge is 2.25. The third-order valence-electron chi connectivity index (χ3n) is 8.09. The van der Waals surface area contributed by atoms with Crippen molar-refractivity contribution in [2.75, 3.05) is 54.4 Å². The van der Waals surface area contributed by atoms with E-state index in [1.54, 1.807) is 17.7 Å². The molecule has 5 heterocycles. The van der Waals surface area contributed by atoms with Gasteiger partial charge in [0.15, 0.2) is 0 Å². The topological polar surface area (TPSA) is 77.5 Å². The van der Waals surface area contributed by atoms with Gasteiger partial charge in [0.05, 0.1) is 15.9 Å². The van der Waals surface area contributed by atoms with E-state index < -0.39 is 0 Å². The van der Waals surface area contributed by atoms with Gasteiger partial charge in [-0.05, 0) is 65.4 Å². The molecule has 1 saturated heterocycles. The zero-order valence-corrected chi connectivity index (χ0v) is 24.8. The number of aromatic nitrogens is 3. The van der Waals surface area contributed by atoms with E-state index in [1.165, 1.54) is 11.1 Å². The van der Waals surface area contributed by atoms with Crippen LogP contribution in [-0.2, 0) is 6.54 Å². The molecule has 0 aliphatic carbocycles. The minimum Gasteiger partial charge on any atom is -0.367 e. The number of carbonyl (C=O) groups is 1. The molecule has 0 unspecified atom stereocenters. The number of hydrogen-bond acceptors (Lipinski definition) is 8. The molecule has 42 heavy (non-hydrogen) atoms. The van der Waals surface area contributed by atoms with Crippen LogP contribution >= 0.6 is 22.9 Å². The molecule has 0 saturated carbocycles. The van der Waals surface area contributed by atoms with E-state index in [-0.39, 0.29) is 5.91 Å². The van der Waals surface area contributed by atoms with Gasteiger partial charge < -0.3 is 20.0 Å². The molecule has 2 aliphatic rings. The monoisotopic (exact) mass is 595 g/mol. The predicted molar refractivity (Wildman–Crippen MR) is 171 cm³/mol. The van der Waals surface area contributed by atoms with Crippen molar-refractivity contribution in [3.63, 3.8) is 0 Å². The summed E-state index contributed by atoms with van der Waals surface area (Å²) in [6.45, 7) is 7.31. The first-order valence-electron chi connectivity index (χ1n) is 14.1. The number of thiophene rings is 1. The zero-order chi connectivity index (χ0) is 28.6. The number of aryl methyl sites for hydroxylation is 1.